The van der Waals surface area contributed by atoms with Gasteiger partial charge in [-0.05, 0) is 24.6 Å². The number of alkyl halides is 3. The molecule has 0 bridgehead atoms. The summed E-state index contributed by atoms with van der Waals surface area (Å²) in [6, 6.07) is 0.625. The van der Waals surface area contributed by atoms with Gasteiger partial charge in [0.15, 0.2) is 17.5 Å². The Kier molecular flexibility index (Phi) is 6.34. The Balaban J connectivity index is 1.69. The van der Waals surface area contributed by atoms with E-state index in [1.54, 1.807) is 6.92 Å². The van der Waals surface area contributed by atoms with E-state index in [-0.39, 0.29) is 49.8 Å². The minimum atomic E-state index is -4.64. The molecular formula is C18H19F6N5O. The number of aromatic nitrogens is 3. The van der Waals surface area contributed by atoms with E-state index in [1.165, 1.54) is 4.90 Å². The number of nitrogens with one attached hydrogen (secondary N) is 1. The van der Waals surface area contributed by atoms with E-state index in [0.29, 0.717) is 12.6 Å². The van der Waals surface area contributed by atoms with Crippen molar-refractivity contribution in [1.82, 2.24) is 25.0 Å². The molecule has 1 aliphatic rings. The lowest BCUT2D eigenvalue weighted by atomic mass is 10.0. The number of fused-ring (bicyclic) bond motifs is 1. The van der Waals surface area contributed by atoms with Crippen LogP contribution in [0.25, 0.3) is 0 Å². The topological polar surface area (TPSA) is 63.1 Å². The number of likely N-dealkylation sites (N-methyl/N-ethyl adjacent to an activating group) is 1. The Labute approximate surface area is 167 Å². The minimum absolute atomic E-state index is 0.0218. The van der Waals surface area contributed by atoms with E-state index in [9.17, 15) is 31.1 Å². The van der Waals surface area contributed by atoms with Crippen LogP contribution in [-0.2, 0) is 30.5 Å². The van der Waals surface area contributed by atoms with E-state index in [0.717, 1.165) is 10.6 Å². The number of halogens is 6. The van der Waals surface area contributed by atoms with Crippen LogP contribution in [0.3, 0.4) is 0 Å². The van der Waals surface area contributed by atoms with Crippen LogP contribution in [0, 0.1) is 17.5 Å². The number of hydrogen-bond acceptors (Lipinski definition) is 4. The highest BCUT2D eigenvalue weighted by Crippen LogP contribution is 2.29. The summed E-state index contributed by atoms with van der Waals surface area (Å²) in [5.41, 5.74) is -0.0825. The van der Waals surface area contributed by atoms with Crippen LogP contribution in [0.2, 0.25) is 0 Å². The van der Waals surface area contributed by atoms with Gasteiger partial charge in [-0.2, -0.15) is 13.2 Å². The molecule has 2 heterocycles. The van der Waals surface area contributed by atoms with Crippen LogP contribution in [0.5, 0.6) is 0 Å². The molecule has 1 N–H and O–H groups in total. The summed E-state index contributed by atoms with van der Waals surface area (Å²) in [5.74, 6) is -4.88. The van der Waals surface area contributed by atoms with Crippen LogP contribution in [-0.4, -0.2) is 44.7 Å². The van der Waals surface area contributed by atoms with Crippen molar-refractivity contribution in [3.63, 3.8) is 0 Å². The van der Waals surface area contributed by atoms with Gasteiger partial charge < -0.3 is 14.8 Å². The van der Waals surface area contributed by atoms with Crippen molar-refractivity contribution in [2.45, 2.75) is 45.1 Å². The number of carbonyl (C=O) groups excluding carboxylic acids is 1. The Morgan fingerprint density at radius 1 is 1.13 bits per heavy atom. The maximum Gasteiger partial charge on any atom is 0.451 e. The van der Waals surface area contributed by atoms with Gasteiger partial charge in [-0.25, -0.2) is 13.2 Å². The molecule has 0 saturated heterocycles. The van der Waals surface area contributed by atoms with E-state index in [1.807, 2.05) is 0 Å². The normalized spacial score (nSPS) is 15.2. The highest BCUT2D eigenvalue weighted by molar-refractivity contribution is 5.77. The molecule has 0 saturated carbocycles. The van der Waals surface area contributed by atoms with E-state index < -0.39 is 35.5 Å². The van der Waals surface area contributed by atoms with Crippen LogP contribution >= 0.6 is 0 Å². The number of carbonyl (C=O) groups is 1. The standard InChI is InChI=1S/C18H19F6N5O/c1-2-25-11(5-10-6-13(20)14(21)8-12(10)19)7-16(30)28-3-4-29-15(9-28)26-27-17(29)18(22,23)24/h6,8,11,25H,2-5,7,9H2,1H3. The summed E-state index contributed by atoms with van der Waals surface area (Å²) in [7, 11) is 0. The second-order valence-corrected chi connectivity index (χ2v) is 6.93. The van der Waals surface area contributed by atoms with Crippen molar-refractivity contribution >= 4 is 5.91 Å². The first-order chi connectivity index (χ1) is 14.1. The highest BCUT2D eigenvalue weighted by atomic mass is 19.4. The number of nitrogens with zero attached hydrogens (tertiary/aromatic N) is 4. The van der Waals surface area contributed by atoms with Gasteiger partial charge in [0.05, 0.1) is 6.54 Å². The largest absolute Gasteiger partial charge is 0.451 e. The molecule has 1 aliphatic heterocycles. The smallest absolute Gasteiger partial charge is 0.333 e. The molecule has 2 aromatic rings. The van der Waals surface area contributed by atoms with Gasteiger partial charge in [0.2, 0.25) is 11.7 Å². The second-order valence-electron chi connectivity index (χ2n) is 6.93. The Morgan fingerprint density at radius 2 is 1.83 bits per heavy atom. The van der Waals surface area contributed by atoms with Gasteiger partial charge in [-0.3, -0.25) is 4.79 Å². The fourth-order valence-electron chi connectivity index (χ4n) is 3.41. The van der Waals surface area contributed by atoms with Gasteiger partial charge >= 0.3 is 6.18 Å². The molecule has 30 heavy (non-hydrogen) atoms. The lowest BCUT2D eigenvalue weighted by molar-refractivity contribution is -0.148. The number of hydrogen-bond donors (Lipinski definition) is 1. The molecule has 1 unspecified atom stereocenters. The molecule has 1 aromatic carbocycles. The lowest BCUT2D eigenvalue weighted by Gasteiger charge is -2.29. The predicted molar refractivity (Wildman–Crippen MR) is 92.5 cm³/mol. The van der Waals surface area contributed by atoms with Crippen LogP contribution in [0.1, 0.15) is 30.6 Å². The third kappa shape index (κ3) is 4.74. The lowest BCUT2D eigenvalue weighted by Crippen LogP contribution is -2.43. The second kappa shape index (κ2) is 8.62. The van der Waals surface area contributed by atoms with Gasteiger partial charge in [0.1, 0.15) is 5.82 Å². The Morgan fingerprint density at radius 3 is 2.50 bits per heavy atom. The molecule has 6 nitrogen and oxygen atoms in total. The molecule has 0 aliphatic carbocycles. The molecule has 0 spiro atoms. The maximum absolute atomic E-state index is 13.9. The van der Waals surface area contributed by atoms with Crippen LogP contribution < -0.4 is 5.32 Å². The summed E-state index contributed by atoms with van der Waals surface area (Å²) < 4.78 is 80.2. The fraction of sp³-hybridized carbons (Fsp3) is 0.500. The molecule has 0 radical (unpaired) electrons. The molecular weight excluding hydrogens is 416 g/mol. The molecule has 0 fully saturated rings. The number of amides is 1. The summed E-state index contributed by atoms with van der Waals surface area (Å²) in [6.45, 7) is 1.99. The first-order valence-electron chi connectivity index (χ1n) is 9.24. The summed E-state index contributed by atoms with van der Waals surface area (Å²) in [6.07, 6.45) is -4.81. The van der Waals surface area contributed by atoms with Crippen molar-refractivity contribution in [1.29, 1.82) is 0 Å². The summed E-state index contributed by atoms with van der Waals surface area (Å²) >= 11 is 0. The molecule has 1 atom stereocenters. The molecule has 3 rings (SSSR count). The van der Waals surface area contributed by atoms with Gasteiger partial charge in [0.25, 0.3) is 0 Å². The predicted octanol–water partition coefficient (Wildman–Crippen LogP) is 2.67. The van der Waals surface area contributed by atoms with Gasteiger partial charge in [-0.1, -0.05) is 6.92 Å². The monoisotopic (exact) mass is 435 g/mol. The number of benzene rings is 1. The van der Waals surface area contributed by atoms with E-state index in [2.05, 4.69) is 15.5 Å². The van der Waals surface area contributed by atoms with Gasteiger partial charge in [0, 0.05) is 31.6 Å². The van der Waals surface area contributed by atoms with E-state index >= 15 is 0 Å². The molecule has 1 amide bonds. The average molecular weight is 435 g/mol. The molecule has 164 valence electrons. The van der Waals surface area contributed by atoms with Crippen molar-refractivity contribution in [2.75, 3.05) is 13.1 Å². The number of rotatable bonds is 6. The Bertz CT molecular complexity index is 929. The fourth-order valence-corrected chi connectivity index (χ4v) is 3.41. The first-order valence-corrected chi connectivity index (χ1v) is 9.24. The zero-order valence-corrected chi connectivity index (χ0v) is 15.9. The quantitative estimate of drug-likeness (QED) is 0.560. The molecule has 1 aromatic heterocycles. The first kappa shape index (κ1) is 22.1. The third-order valence-corrected chi connectivity index (χ3v) is 4.83. The van der Waals surface area contributed by atoms with Crippen LogP contribution in [0.15, 0.2) is 12.1 Å². The highest BCUT2D eigenvalue weighted by Gasteiger charge is 2.40. The van der Waals surface area contributed by atoms with Gasteiger partial charge in [-0.15, -0.1) is 10.2 Å². The molecule has 12 heteroatoms. The van der Waals surface area contributed by atoms with Crippen molar-refractivity contribution in [2.24, 2.45) is 0 Å². The third-order valence-electron chi connectivity index (χ3n) is 4.83. The van der Waals surface area contributed by atoms with Crippen molar-refractivity contribution in [3.8, 4) is 0 Å². The van der Waals surface area contributed by atoms with Crippen molar-refractivity contribution < 1.29 is 31.1 Å². The summed E-state index contributed by atoms with van der Waals surface area (Å²) in [4.78, 5) is 14.0. The summed E-state index contributed by atoms with van der Waals surface area (Å²) in [5, 5.41) is 9.68. The van der Waals surface area contributed by atoms with Crippen LogP contribution in [0.4, 0.5) is 26.3 Å². The average Bonchev–Trinajstić information content (AvgIpc) is 3.09. The van der Waals surface area contributed by atoms with E-state index in [4.69, 9.17) is 0 Å². The Hall–Kier alpha value is -2.63. The maximum atomic E-state index is 13.9. The van der Waals surface area contributed by atoms with Crippen molar-refractivity contribution in [3.05, 3.63) is 46.8 Å². The zero-order valence-electron chi connectivity index (χ0n) is 15.9. The SMILES string of the molecule is CCNC(CC(=O)N1CCn2c(nnc2C(F)(F)F)C1)Cc1cc(F)c(F)cc1F. The zero-order chi connectivity index (χ0) is 22.1. The minimum Gasteiger partial charge on any atom is -0.333 e.